The third-order valence-electron chi connectivity index (χ3n) is 3.69. The van der Waals surface area contributed by atoms with E-state index in [1.807, 2.05) is 50.2 Å². The van der Waals surface area contributed by atoms with Crippen molar-refractivity contribution in [3.63, 3.8) is 0 Å². The van der Waals surface area contributed by atoms with Crippen molar-refractivity contribution in [1.82, 2.24) is 10.9 Å². The number of rotatable bonds is 4. The first-order chi connectivity index (χ1) is 10.7. The monoisotopic (exact) mass is 296 g/mol. The molecule has 0 fully saturated rings. The van der Waals surface area contributed by atoms with Crippen LogP contribution in [0.2, 0.25) is 0 Å². The van der Waals surface area contributed by atoms with Crippen LogP contribution in [0.1, 0.15) is 29.7 Å². The molecule has 1 atom stereocenters. The van der Waals surface area contributed by atoms with Crippen LogP contribution in [0.5, 0.6) is 11.5 Å². The number of aromatic hydroxyl groups is 1. The largest absolute Gasteiger partial charge is 0.507 e. The fourth-order valence-corrected chi connectivity index (χ4v) is 2.62. The molecule has 0 radical (unpaired) electrons. The number of hydrogen-bond acceptors (Lipinski definition) is 4. The highest BCUT2D eigenvalue weighted by atomic mass is 16.5. The summed E-state index contributed by atoms with van der Waals surface area (Å²) in [5.41, 5.74) is 10.2. The molecule has 0 spiro atoms. The van der Waals surface area contributed by atoms with Crippen LogP contribution in [0, 0.1) is 6.92 Å². The van der Waals surface area contributed by atoms with E-state index in [4.69, 9.17) is 4.74 Å². The van der Waals surface area contributed by atoms with Crippen molar-refractivity contribution in [3.05, 3.63) is 65.2 Å². The van der Waals surface area contributed by atoms with E-state index in [0.29, 0.717) is 6.61 Å². The number of hydrogen-bond donors (Lipinski definition) is 3. The quantitative estimate of drug-likeness (QED) is 0.810. The highest BCUT2D eigenvalue weighted by Crippen LogP contribution is 2.33. The molecule has 1 aliphatic rings. The van der Waals surface area contributed by atoms with Gasteiger partial charge in [-0.25, -0.2) is 5.43 Å². The lowest BCUT2D eigenvalue weighted by Gasteiger charge is -2.14. The Hall–Kier alpha value is -2.46. The van der Waals surface area contributed by atoms with Crippen LogP contribution in [0.4, 0.5) is 0 Å². The standard InChI is InChI=1S/C18H20N2O2/c1-3-22-18-7-5-4-6-13(18)15-11-16(20-19-15)14-10-12(2)8-9-17(14)21/h4-11,15,19-21H,3H2,1-2H3/t15-/m1/s1. The van der Waals surface area contributed by atoms with Crippen molar-refractivity contribution in [2.45, 2.75) is 19.9 Å². The van der Waals surface area contributed by atoms with Crippen molar-refractivity contribution in [2.75, 3.05) is 6.61 Å². The van der Waals surface area contributed by atoms with Gasteiger partial charge in [0.2, 0.25) is 0 Å². The zero-order valence-corrected chi connectivity index (χ0v) is 12.8. The van der Waals surface area contributed by atoms with E-state index in [2.05, 4.69) is 16.9 Å². The first-order valence-electron chi connectivity index (χ1n) is 7.44. The smallest absolute Gasteiger partial charge is 0.124 e. The summed E-state index contributed by atoms with van der Waals surface area (Å²) in [6.45, 7) is 4.61. The summed E-state index contributed by atoms with van der Waals surface area (Å²) in [7, 11) is 0. The number of phenolic OH excluding ortho intramolecular Hbond substituents is 1. The molecule has 114 valence electrons. The van der Waals surface area contributed by atoms with Gasteiger partial charge in [0.1, 0.15) is 11.5 Å². The van der Waals surface area contributed by atoms with Crippen LogP contribution in [0.3, 0.4) is 0 Å². The average molecular weight is 296 g/mol. The summed E-state index contributed by atoms with van der Waals surface area (Å²) in [4.78, 5) is 0. The van der Waals surface area contributed by atoms with Gasteiger partial charge in [-0.1, -0.05) is 29.8 Å². The Morgan fingerprint density at radius 2 is 2.00 bits per heavy atom. The zero-order valence-electron chi connectivity index (χ0n) is 12.8. The number of nitrogens with one attached hydrogen (secondary N) is 2. The third kappa shape index (κ3) is 2.78. The maximum atomic E-state index is 10.1. The predicted molar refractivity (Wildman–Crippen MR) is 87.4 cm³/mol. The van der Waals surface area contributed by atoms with Crippen LogP contribution in [0.15, 0.2) is 48.5 Å². The second-order valence-corrected chi connectivity index (χ2v) is 5.32. The fraction of sp³-hybridized carbons (Fsp3) is 0.222. The number of hydrazine groups is 1. The lowest BCUT2D eigenvalue weighted by Crippen LogP contribution is -2.26. The molecule has 1 aliphatic heterocycles. The molecule has 0 aromatic heterocycles. The topological polar surface area (TPSA) is 53.5 Å². The number of para-hydroxylation sites is 1. The third-order valence-corrected chi connectivity index (χ3v) is 3.69. The molecule has 3 N–H and O–H groups in total. The average Bonchev–Trinajstić information content (AvgIpc) is 3.00. The maximum Gasteiger partial charge on any atom is 0.124 e. The van der Waals surface area contributed by atoms with E-state index in [9.17, 15) is 5.11 Å². The summed E-state index contributed by atoms with van der Waals surface area (Å²) in [5, 5.41) is 10.1. The van der Waals surface area contributed by atoms with Crippen molar-refractivity contribution in [3.8, 4) is 11.5 Å². The van der Waals surface area contributed by atoms with Gasteiger partial charge in [0, 0.05) is 11.1 Å². The van der Waals surface area contributed by atoms with Gasteiger partial charge in [-0.15, -0.1) is 0 Å². The lowest BCUT2D eigenvalue weighted by molar-refractivity contribution is 0.334. The van der Waals surface area contributed by atoms with Gasteiger partial charge in [-0.3, -0.25) is 0 Å². The number of ether oxygens (including phenoxy) is 1. The molecule has 2 aromatic rings. The van der Waals surface area contributed by atoms with Gasteiger partial charge < -0.3 is 15.3 Å². The molecule has 0 saturated heterocycles. The van der Waals surface area contributed by atoms with Crippen LogP contribution >= 0.6 is 0 Å². The minimum Gasteiger partial charge on any atom is -0.507 e. The number of phenols is 1. The molecule has 0 aliphatic carbocycles. The Kier molecular flexibility index (Phi) is 4.02. The Morgan fingerprint density at radius 1 is 1.18 bits per heavy atom. The van der Waals surface area contributed by atoms with Gasteiger partial charge in [0.15, 0.2) is 0 Å². The Balaban J connectivity index is 1.93. The Morgan fingerprint density at radius 3 is 2.82 bits per heavy atom. The molecular weight excluding hydrogens is 276 g/mol. The minimum absolute atomic E-state index is 0.00216. The first-order valence-corrected chi connectivity index (χ1v) is 7.44. The van der Waals surface area contributed by atoms with Gasteiger partial charge >= 0.3 is 0 Å². The highest BCUT2D eigenvalue weighted by molar-refractivity contribution is 5.71. The first kappa shape index (κ1) is 14.5. The van der Waals surface area contributed by atoms with E-state index in [1.54, 1.807) is 6.07 Å². The van der Waals surface area contributed by atoms with Crippen molar-refractivity contribution in [2.24, 2.45) is 0 Å². The normalized spacial score (nSPS) is 17.0. The van der Waals surface area contributed by atoms with Gasteiger partial charge in [-0.2, -0.15) is 0 Å². The molecule has 4 heteroatoms. The summed E-state index contributed by atoms with van der Waals surface area (Å²) < 4.78 is 5.69. The van der Waals surface area contributed by atoms with Crippen LogP contribution < -0.4 is 15.6 Å². The molecule has 4 nitrogen and oxygen atoms in total. The lowest BCUT2D eigenvalue weighted by atomic mass is 10.0. The van der Waals surface area contributed by atoms with E-state index < -0.39 is 0 Å². The van der Waals surface area contributed by atoms with E-state index in [0.717, 1.165) is 28.1 Å². The number of benzene rings is 2. The van der Waals surface area contributed by atoms with Crippen molar-refractivity contribution < 1.29 is 9.84 Å². The highest BCUT2D eigenvalue weighted by Gasteiger charge is 2.21. The molecule has 0 amide bonds. The minimum atomic E-state index is -0.00216. The van der Waals surface area contributed by atoms with Gasteiger partial charge in [-0.05, 0) is 38.1 Å². The van der Waals surface area contributed by atoms with E-state index in [1.165, 1.54) is 0 Å². The van der Waals surface area contributed by atoms with Gasteiger partial charge in [0.25, 0.3) is 0 Å². The van der Waals surface area contributed by atoms with Crippen LogP contribution in [-0.2, 0) is 0 Å². The molecule has 3 rings (SSSR count). The molecule has 0 saturated carbocycles. The van der Waals surface area contributed by atoms with Crippen molar-refractivity contribution in [1.29, 1.82) is 0 Å². The summed E-state index contributed by atoms with van der Waals surface area (Å²) >= 11 is 0. The predicted octanol–water partition coefficient (Wildman–Crippen LogP) is 3.29. The second-order valence-electron chi connectivity index (χ2n) is 5.32. The summed E-state index contributed by atoms with van der Waals surface area (Å²) in [6, 6.07) is 13.5. The Labute approximate surface area is 130 Å². The number of aryl methyl sites for hydroxylation is 1. The van der Waals surface area contributed by atoms with Crippen molar-refractivity contribution >= 4 is 5.70 Å². The van der Waals surface area contributed by atoms with Crippen LogP contribution in [-0.4, -0.2) is 11.7 Å². The zero-order chi connectivity index (χ0) is 15.5. The van der Waals surface area contributed by atoms with Gasteiger partial charge in [0.05, 0.1) is 18.3 Å². The van der Waals surface area contributed by atoms with Crippen LogP contribution in [0.25, 0.3) is 5.70 Å². The SMILES string of the molecule is CCOc1ccccc1[C@H]1C=C(c2cc(C)ccc2O)NN1. The molecule has 22 heavy (non-hydrogen) atoms. The molecular formula is C18H20N2O2. The molecule has 0 bridgehead atoms. The second kappa shape index (κ2) is 6.12. The molecule has 1 heterocycles. The molecule has 0 unspecified atom stereocenters. The van der Waals surface area contributed by atoms with E-state index in [-0.39, 0.29) is 11.8 Å². The fourth-order valence-electron chi connectivity index (χ4n) is 2.62. The summed E-state index contributed by atoms with van der Waals surface area (Å²) in [6.07, 6.45) is 2.06. The van der Waals surface area contributed by atoms with E-state index >= 15 is 0 Å². The molecule has 2 aromatic carbocycles. The Bertz CT molecular complexity index is 710. The summed E-state index contributed by atoms with van der Waals surface area (Å²) in [5.74, 6) is 1.14. The maximum absolute atomic E-state index is 10.1.